The van der Waals surface area contributed by atoms with E-state index in [1.165, 1.54) is 12.1 Å². The van der Waals surface area contributed by atoms with Gasteiger partial charge in [0, 0.05) is 12.0 Å². The van der Waals surface area contributed by atoms with Gasteiger partial charge in [0.15, 0.2) is 0 Å². The zero-order valence-electron chi connectivity index (χ0n) is 12.9. The normalized spacial score (nSPS) is 16.4. The molecule has 4 heteroatoms. The lowest BCUT2D eigenvalue weighted by Gasteiger charge is -2.33. The lowest BCUT2D eigenvalue weighted by Crippen LogP contribution is -2.43. The first-order valence-corrected chi connectivity index (χ1v) is 6.94. The monoisotopic (exact) mass is 280 g/mol. The summed E-state index contributed by atoms with van der Waals surface area (Å²) >= 11 is 0. The predicted octanol–water partition coefficient (Wildman–Crippen LogP) is 3.01. The number of hydrogen-bond acceptors (Lipinski definition) is 2. The second-order valence-corrected chi connectivity index (χ2v) is 6.51. The summed E-state index contributed by atoms with van der Waals surface area (Å²) in [6.07, 6.45) is 0. The van der Waals surface area contributed by atoms with E-state index in [9.17, 15) is 9.18 Å². The maximum absolute atomic E-state index is 13.0. The Morgan fingerprint density at radius 1 is 1.20 bits per heavy atom. The van der Waals surface area contributed by atoms with Crippen LogP contribution in [-0.4, -0.2) is 11.9 Å². The van der Waals surface area contributed by atoms with E-state index >= 15 is 0 Å². The quantitative estimate of drug-likeness (QED) is 0.890. The molecule has 3 atom stereocenters. The standard InChI is InChI=1S/C16H25FN2O/c1-10(11(2)18)15(20)19-14(16(3,4)5)12-6-8-13(17)9-7-12/h6-11,14H,18H2,1-5H3,(H,19,20). The Morgan fingerprint density at radius 2 is 1.70 bits per heavy atom. The average Bonchev–Trinajstić information content (AvgIpc) is 2.34. The minimum Gasteiger partial charge on any atom is -0.348 e. The van der Waals surface area contributed by atoms with Gasteiger partial charge >= 0.3 is 0 Å². The van der Waals surface area contributed by atoms with Crippen LogP contribution in [0.15, 0.2) is 24.3 Å². The van der Waals surface area contributed by atoms with E-state index in [0.717, 1.165) is 5.56 Å². The molecular formula is C16H25FN2O. The maximum Gasteiger partial charge on any atom is 0.224 e. The Hall–Kier alpha value is -1.42. The predicted molar refractivity (Wildman–Crippen MR) is 79.6 cm³/mol. The van der Waals surface area contributed by atoms with Crippen LogP contribution < -0.4 is 11.1 Å². The number of halogens is 1. The zero-order valence-corrected chi connectivity index (χ0v) is 12.9. The van der Waals surface area contributed by atoms with Crippen LogP contribution in [0.5, 0.6) is 0 Å². The largest absolute Gasteiger partial charge is 0.348 e. The molecule has 0 bridgehead atoms. The Bertz CT molecular complexity index is 449. The molecule has 1 aromatic carbocycles. The summed E-state index contributed by atoms with van der Waals surface area (Å²) < 4.78 is 13.0. The summed E-state index contributed by atoms with van der Waals surface area (Å²) in [6, 6.07) is 5.86. The van der Waals surface area contributed by atoms with Gasteiger partial charge in [0.2, 0.25) is 5.91 Å². The average molecular weight is 280 g/mol. The molecule has 20 heavy (non-hydrogen) atoms. The van der Waals surface area contributed by atoms with E-state index in [2.05, 4.69) is 5.32 Å². The van der Waals surface area contributed by atoms with Crippen LogP contribution in [0.3, 0.4) is 0 Å². The fourth-order valence-corrected chi connectivity index (χ4v) is 1.97. The van der Waals surface area contributed by atoms with E-state index in [1.807, 2.05) is 34.6 Å². The molecule has 0 aliphatic carbocycles. The van der Waals surface area contributed by atoms with Crippen molar-refractivity contribution in [2.75, 3.05) is 0 Å². The summed E-state index contributed by atoms with van der Waals surface area (Å²) in [5, 5.41) is 3.03. The second-order valence-electron chi connectivity index (χ2n) is 6.51. The third-order valence-electron chi connectivity index (χ3n) is 3.56. The van der Waals surface area contributed by atoms with Gasteiger partial charge in [0.05, 0.1) is 6.04 Å². The summed E-state index contributed by atoms with van der Waals surface area (Å²) in [5.74, 6) is -0.624. The van der Waals surface area contributed by atoms with E-state index < -0.39 is 0 Å². The number of carbonyl (C=O) groups is 1. The summed E-state index contributed by atoms with van der Waals surface area (Å²) in [4.78, 5) is 12.2. The van der Waals surface area contributed by atoms with Gasteiger partial charge in [0.25, 0.3) is 0 Å². The van der Waals surface area contributed by atoms with Gasteiger partial charge in [-0.15, -0.1) is 0 Å². The summed E-state index contributed by atoms with van der Waals surface area (Å²) in [7, 11) is 0. The van der Waals surface area contributed by atoms with Gasteiger partial charge in [0.1, 0.15) is 5.82 Å². The molecular weight excluding hydrogens is 255 g/mol. The molecule has 1 rings (SSSR count). The van der Waals surface area contributed by atoms with E-state index in [1.54, 1.807) is 12.1 Å². The Morgan fingerprint density at radius 3 is 2.10 bits per heavy atom. The molecule has 0 saturated heterocycles. The molecule has 0 spiro atoms. The molecule has 3 unspecified atom stereocenters. The van der Waals surface area contributed by atoms with E-state index in [4.69, 9.17) is 5.73 Å². The van der Waals surface area contributed by atoms with E-state index in [0.29, 0.717) is 0 Å². The highest BCUT2D eigenvalue weighted by Gasteiger charge is 2.30. The van der Waals surface area contributed by atoms with Gasteiger partial charge in [-0.25, -0.2) is 4.39 Å². The van der Waals surface area contributed by atoms with Crippen LogP contribution in [0.2, 0.25) is 0 Å². The van der Waals surface area contributed by atoms with Crippen LogP contribution in [-0.2, 0) is 4.79 Å². The van der Waals surface area contributed by atoms with Gasteiger partial charge < -0.3 is 11.1 Å². The number of rotatable bonds is 4. The van der Waals surface area contributed by atoms with Crippen LogP contribution >= 0.6 is 0 Å². The highest BCUT2D eigenvalue weighted by Crippen LogP contribution is 2.33. The smallest absolute Gasteiger partial charge is 0.224 e. The first kappa shape index (κ1) is 16.6. The molecule has 0 aliphatic rings. The molecule has 0 saturated carbocycles. The molecule has 0 aliphatic heterocycles. The van der Waals surface area contributed by atoms with Crippen molar-refractivity contribution in [1.82, 2.24) is 5.32 Å². The fraction of sp³-hybridized carbons (Fsp3) is 0.562. The van der Waals surface area contributed by atoms with Crippen molar-refractivity contribution in [3.05, 3.63) is 35.6 Å². The second kappa shape index (κ2) is 6.35. The molecule has 0 aromatic heterocycles. The molecule has 0 fully saturated rings. The Kier molecular flexibility index (Phi) is 5.28. The maximum atomic E-state index is 13.0. The molecule has 0 heterocycles. The van der Waals surface area contributed by atoms with Crippen LogP contribution in [0, 0.1) is 17.2 Å². The summed E-state index contributed by atoms with van der Waals surface area (Å²) in [5.41, 5.74) is 6.49. The first-order valence-electron chi connectivity index (χ1n) is 6.94. The zero-order chi connectivity index (χ0) is 15.5. The van der Waals surface area contributed by atoms with Gasteiger partial charge in [-0.3, -0.25) is 4.79 Å². The molecule has 3 nitrogen and oxygen atoms in total. The fourth-order valence-electron chi connectivity index (χ4n) is 1.97. The first-order chi connectivity index (χ1) is 9.12. The summed E-state index contributed by atoms with van der Waals surface area (Å²) in [6.45, 7) is 9.74. The van der Waals surface area contributed by atoms with Crippen molar-refractivity contribution in [2.24, 2.45) is 17.1 Å². The third-order valence-corrected chi connectivity index (χ3v) is 3.56. The molecule has 1 amide bonds. The lowest BCUT2D eigenvalue weighted by molar-refractivity contribution is -0.126. The minimum absolute atomic E-state index is 0.0794. The Labute approximate surface area is 120 Å². The van der Waals surface area contributed by atoms with Gasteiger partial charge in [-0.1, -0.05) is 39.8 Å². The topological polar surface area (TPSA) is 55.1 Å². The number of benzene rings is 1. The van der Waals surface area contributed by atoms with Crippen molar-refractivity contribution in [3.8, 4) is 0 Å². The van der Waals surface area contributed by atoms with Crippen LogP contribution in [0.4, 0.5) is 4.39 Å². The van der Waals surface area contributed by atoms with Crippen molar-refractivity contribution < 1.29 is 9.18 Å². The van der Waals surface area contributed by atoms with Crippen molar-refractivity contribution in [2.45, 2.75) is 46.7 Å². The van der Waals surface area contributed by atoms with Crippen molar-refractivity contribution in [3.63, 3.8) is 0 Å². The highest BCUT2D eigenvalue weighted by atomic mass is 19.1. The Balaban J connectivity index is 2.97. The van der Waals surface area contributed by atoms with Crippen molar-refractivity contribution >= 4 is 5.91 Å². The molecule has 3 N–H and O–H groups in total. The number of nitrogens with two attached hydrogens (primary N) is 1. The van der Waals surface area contributed by atoms with Crippen LogP contribution in [0.25, 0.3) is 0 Å². The third kappa shape index (κ3) is 4.30. The lowest BCUT2D eigenvalue weighted by atomic mass is 9.82. The molecule has 112 valence electrons. The van der Waals surface area contributed by atoms with E-state index in [-0.39, 0.29) is 35.1 Å². The number of carbonyl (C=O) groups excluding carboxylic acids is 1. The number of nitrogens with one attached hydrogen (secondary N) is 1. The van der Waals surface area contributed by atoms with Gasteiger partial charge in [-0.05, 0) is 30.0 Å². The number of hydrogen-bond donors (Lipinski definition) is 2. The number of amides is 1. The SMILES string of the molecule is CC(N)C(C)C(=O)NC(c1ccc(F)cc1)C(C)(C)C. The van der Waals surface area contributed by atoms with Crippen LogP contribution in [0.1, 0.15) is 46.2 Å². The minimum atomic E-state index is -0.281. The van der Waals surface area contributed by atoms with Gasteiger partial charge in [-0.2, -0.15) is 0 Å². The van der Waals surface area contributed by atoms with Crippen molar-refractivity contribution in [1.29, 1.82) is 0 Å². The highest BCUT2D eigenvalue weighted by molar-refractivity contribution is 5.79. The molecule has 0 radical (unpaired) electrons. The molecule has 1 aromatic rings.